The molecule has 0 aliphatic rings. The molecule has 0 rings (SSSR count). The first kappa shape index (κ1) is 29.5. The topological polar surface area (TPSA) is 40.1 Å². The number of rotatable bonds is 21. The van der Waals surface area contributed by atoms with Crippen molar-refractivity contribution in [1.29, 1.82) is 0 Å². The van der Waals surface area contributed by atoms with E-state index < -0.39 is 13.3 Å². The molecule has 30 heavy (non-hydrogen) atoms. The van der Waals surface area contributed by atoms with Crippen molar-refractivity contribution in [3.05, 3.63) is 24.8 Å². The zero-order valence-electron chi connectivity index (χ0n) is 20.7. The van der Waals surface area contributed by atoms with Gasteiger partial charge < -0.3 is 4.89 Å². The summed E-state index contributed by atoms with van der Waals surface area (Å²) in [5.74, 6) is 0. The molecule has 0 aromatic carbocycles. The number of nitrogens with zero attached hydrogens (tertiary/aromatic N) is 1. The molecule has 0 amide bonds. The highest BCUT2D eigenvalue weighted by Crippen LogP contribution is 2.44. The molecular formula is C26H51NO2P+. The summed E-state index contributed by atoms with van der Waals surface area (Å²) in [6.45, 7) is 5.77. The van der Waals surface area contributed by atoms with Crippen molar-refractivity contribution >= 4 is 8.03 Å². The average Bonchev–Trinajstić information content (AvgIpc) is 2.68. The molecule has 2 atom stereocenters. The molecule has 0 saturated heterocycles. The standard InChI is InChI=1S/C26H51NO2P/c1-6-8-9-10-11-12-13-14-15-16-17-18-19-20-21-22-23-24-25-26(7-2,30(28)29)27(3,4)5/h6,14-15H,1,7-13,16-25H2,2-5H3/q+1/b15-14-. The first-order valence-corrected chi connectivity index (χ1v) is 13.7. The summed E-state index contributed by atoms with van der Waals surface area (Å²) in [5, 5.41) is -0.603. The number of allylic oxidation sites excluding steroid dienone is 3. The van der Waals surface area contributed by atoms with Crippen LogP contribution in [0, 0.1) is 0 Å². The van der Waals surface area contributed by atoms with Crippen molar-refractivity contribution < 1.29 is 13.9 Å². The van der Waals surface area contributed by atoms with E-state index >= 15 is 0 Å². The van der Waals surface area contributed by atoms with Crippen LogP contribution in [0.4, 0.5) is 0 Å². The summed E-state index contributed by atoms with van der Waals surface area (Å²) >= 11 is 0. The van der Waals surface area contributed by atoms with E-state index in [1.165, 1.54) is 77.0 Å². The Hall–Kier alpha value is -0.500. The SMILES string of the molecule is C=CCCCCCC/C=C\CCCCCCCCCCC(CC)([P+](=O)[O-])[N+](C)(C)C. The monoisotopic (exact) mass is 440 g/mol. The van der Waals surface area contributed by atoms with Crippen molar-refractivity contribution in [1.82, 2.24) is 0 Å². The summed E-state index contributed by atoms with van der Waals surface area (Å²) in [7, 11) is 3.61. The minimum atomic E-state index is -2.42. The second kappa shape index (κ2) is 18.1. The van der Waals surface area contributed by atoms with Crippen LogP contribution in [0.1, 0.15) is 116 Å². The van der Waals surface area contributed by atoms with Gasteiger partial charge in [-0.3, -0.25) is 4.48 Å². The highest BCUT2D eigenvalue weighted by atomic mass is 31.1. The molecule has 0 N–H and O–H groups in total. The van der Waals surface area contributed by atoms with E-state index in [0.717, 1.165) is 25.7 Å². The van der Waals surface area contributed by atoms with Crippen LogP contribution in [-0.4, -0.2) is 30.9 Å². The summed E-state index contributed by atoms with van der Waals surface area (Å²) in [6.07, 6.45) is 27.2. The lowest BCUT2D eigenvalue weighted by atomic mass is 10.0. The predicted molar refractivity (Wildman–Crippen MR) is 132 cm³/mol. The van der Waals surface area contributed by atoms with Gasteiger partial charge in [-0.25, -0.2) is 0 Å². The van der Waals surface area contributed by atoms with Crippen LogP contribution in [0.25, 0.3) is 0 Å². The fourth-order valence-corrected chi connectivity index (χ4v) is 5.41. The van der Waals surface area contributed by atoms with Crippen LogP contribution in [0.2, 0.25) is 0 Å². The van der Waals surface area contributed by atoms with Gasteiger partial charge in [-0.2, -0.15) is 0 Å². The Morgan fingerprint density at radius 2 is 1.17 bits per heavy atom. The van der Waals surface area contributed by atoms with Crippen molar-refractivity contribution in [2.24, 2.45) is 0 Å². The second-order valence-corrected chi connectivity index (χ2v) is 11.1. The van der Waals surface area contributed by atoms with E-state index in [1.807, 2.05) is 34.1 Å². The van der Waals surface area contributed by atoms with Gasteiger partial charge in [0.05, 0.1) is 21.1 Å². The molecule has 0 aromatic rings. The summed E-state index contributed by atoms with van der Waals surface area (Å²) < 4.78 is 12.4. The van der Waals surface area contributed by atoms with Crippen molar-refractivity contribution in [2.75, 3.05) is 21.1 Å². The van der Waals surface area contributed by atoms with E-state index in [-0.39, 0.29) is 0 Å². The number of hydrogen-bond acceptors (Lipinski definition) is 2. The molecule has 3 nitrogen and oxygen atoms in total. The van der Waals surface area contributed by atoms with E-state index in [1.54, 1.807) is 0 Å². The molecule has 0 heterocycles. The Morgan fingerprint density at radius 1 is 0.767 bits per heavy atom. The van der Waals surface area contributed by atoms with Crippen LogP contribution >= 0.6 is 8.03 Å². The van der Waals surface area contributed by atoms with Crippen LogP contribution in [0.5, 0.6) is 0 Å². The lowest BCUT2D eigenvalue weighted by Crippen LogP contribution is -2.55. The Morgan fingerprint density at radius 3 is 1.53 bits per heavy atom. The number of unbranched alkanes of at least 4 members (excludes halogenated alkanes) is 13. The van der Waals surface area contributed by atoms with Gasteiger partial charge in [0, 0.05) is 12.8 Å². The van der Waals surface area contributed by atoms with E-state index in [2.05, 4.69) is 18.7 Å². The zero-order valence-corrected chi connectivity index (χ0v) is 21.6. The first-order valence-electron chi connectivity index (χ1n) is 12.5. The molecular weight excluding hydrogens is 389 g/mol. The third-order valence-electron chi connectivity index (χ3n) is 6.55. The van der Waals surface area contributed by atoms with Gasteiger partial charge in [0.1, 0.15) is 0 Å². The Kier molecular flexibility index (Phi) is 17.8. The largest absolute Gasteiger partial charge is 0.590 e. The summed E-state index contributed by atoms with van der Waals surface area (Å²) in [4.78, 5) is 11.9. The fraction of sp³-hybridized carbons (Fsp3) is 0.846. The molecule has 0 aliphatic heterocycles. The maximum atomic E-state index is 11.9. The minimum Gasteiger partial charge on any atom is -0.590 e. The van der Waals surface area contributed by atoms with Crippen LogP contribution in [0.3, 0.4) is 0 Å². The van der Waals surface area contributed by atoms with Gasteiger partial charge in [0.15, 0.2) is 0 Å². The molecule has 0 aliphatic carbocycles. The predicted octanol–water partition coefficient (Wildman–Crippen LogP) is 7.89. The third kappa shape index (κ3) is 13.0. The van der Waals surface area contributed by atoms with Crippen LogP contribution in [-0.2, 0) is 4.57 Å². The van der Waals surface area contributed by atoms with Gasteiger partial charge in [0.25, 0.3) is 5.28 Å². The highest BCUT2D eigenvalue weighted by Gasteiger charge is 2.52. The summed E-state index contributed by atoms with van der Waals surface area (Å²) in [6, 6.07) is 0. The van der Waals surface area contributed by atoms with Crippen LogP contribution < -0.4 is 4.89 Å². The maximum absolute atomic E-state index is 11.9. The Balaban J connectivity index is 3.59. The average molecular weight is 441 g/mol. The van der Waals surface area contributed by atoms with E-state index in [4.69, 9.17) is 0 Å². The fourth-order valence-electron chi connectivity index (χ4n) is 4.32. The van der Waals surface area contributed by atoms with Gasteiger partial charge in [-0.15, -0.1) is 6.58 Å². The third-order valence-corrected chi connectivity index (χ3v) is 8.37. The molecule has 2 unspecified atom stereocenters. The van der Waals surface area contributed by atoms with Gasteiger partial charge in [-0.05, 0) is 44.9 Å². The highest BCUT2D eigenvalue weighted by molar-refractivity contribution is 7.38. The molecule has 0 saturated carbocycles. The van der Waals surface area contributed by atoms with E-state index in [0.29, 0.717) is 10.9 Å². The Labute approximate surface area is 189 Å². The lowest BCUT2D eigenvalue weighted by molar-refractivity contribution is -0.910. The van der Waals surface area contributed by atoms with E-state index in [9.17, 15) is 9.46 Å². The molecule has 0 fully saturated rings. The molecule has 0 bridgehead atoms. The lowest BCUT2D eigenvalue weighted by Gasteiger charge is -2.39. The molecule has 4 heteroatoms. The second-order valence-electron chi connectivity index (χ2n) is 9.72. The van der Waals surface area contributed by atoms with Crippen molar-refractivity contribution in [2.45, 2.75) is 121 Å². The normalized spacial score (nSPS) is 14.8. The van der Waals surface area contributed by atoms with Gasteiger partial charge in [-0.1, -0.05) is 81.1 Å². The molecule has 0 aromatic heterocycles. The summed E-state index contributed by atoms with van der Waals surface area (Å²) in [5.41, 5.74) is 0. The van der Waals surface area contributed by atoms with Crippen LogP contribution in [0.15, 0.2) is 24.8 Å². The number of hydrogen-bond donors (Lipinski definition) is 0. The number of quaternary nitrogens is 1. The van der Waals surface area contributed by atoms with Crippen molar-refractivity contribution in [3.8, 4) is 0 Å². The quantitative estimate of drug-likeness (QED) is 0.0788. The Bertz CT molecular complexity index is 470. The van der Waals surface area contributed by atoms with Gasteiger partial charge in [0.2, 0.25) is 0 Å². The van der Waals surface area contributed by atoms with Crippen molar-refractivity contribution in [3.63, 3.8) is 0 Å². The maximum Gasteiger partial charge on any atom is 0.376 e. The molecule has 0 radical (unpaired) electrons. The molecule has 176 valence electrons. The zero-order chi connectivity index (χ0) is 22.7. The molecule has 0 spiro atoms. The smallest absolute Gasteiger partial charge is 0.376 e. The minimum absolute atomic E-state index is 0.506. The first-order chi connectivity index (χ1) is 14.3. The van der Waals surface area contributed by atoms with Gasteiger partial charge >= 0.3 is 8.03 Å².